The molecule has 0 aliphatic carbocycles. The molecule has 1 fully saturated rings. The van der Waals surface area contributed by atoms with E-state index in [1.807, 2.05) is 30.3 Å². The van der Waals surface area contributed by atoms with Crippen LogP contribution in [-0.4, -0.2) is 41.6 Å². The number of hydrogen-bond acceptors (Lipinski definition) is 3. The molecule has 2 aromatic rings. The number of hydrogen-bond donors (Lipinski definition) is 1. The van der Waals surface area contributed by atoms with Crippen molar-refractivity contribution in [3.8, 4) is 5.75 Å². The van der Waals surface area contributed by atoms with E-state index < -0.39 is 11.9 Å². The maximum absolute atomic E-state index is 12.8. The van der Waals surface area contributed by atoms with Crippen LogP contribution in [-0.2, 0) is 9.59 Å². The fourth-order valence-electron chi connectivity index (χ4n) is 3.40. The molecular weight excluding hydrogens is 349 g/mol. The van der Waals surface area contributed by atoms with E-state index in [-0.39, 0.29) is 30.6 Å². The van der Waals surface area contributed by atoms with Crippen molar-refractivity contribution in [1.29, 1.82) is 0 Å². The van der Waals surface area contributed by atoms with Gasteiger partial charge in [-0.25, -0.2) is 4.39 Å². The van der Waals surface area contributed by atoms with Crippen LogP contribution in [0.4, 0.5) is 4.39 Å². The molecule has 6 heteroatoms. The molecule has 1 aliphatic heterocycles. The van der Waals surface area contributed by atoms with Crippen LogP contribution in [0.15, 0.2) is 54.6 Å². The molecule has 5 nitrogen and oxygen atoms in total. The van der Waals surface area contributed by atoms with Gasteiger partial charge in [0, 0.05) is 25.4 Å². The number of halogens is 1. The summed E-state index contributed by atoms with van der Waals surface area (Å²) >= 11 is 0. The first-order valence-electron chi connectivity index (χ1n) is 8.98. The number of carboxylic acid groups (broad SMARTS) is 1. The Morgan fingerprint density at radius 1 is 1.07 bits per heavy atom. The first-order valence-corrected chi connectivity index (χ1v) is 8.98. The molecule has 1 heterocycles. The van der Waals surface area contributed by atoms with E-state index in [0.717, 1.165) is 5.56 Å². The van der Waals surface area contributed by atoms with E-state index in [0.29, 0.717) is 25.3 Å². The van der Waals surface area contributed by atoms with E-state index >= 15 is 0 Å². The first kappa shape index (κ1) is 18.9. The Kier molecular flexibility index (Phi) is 6.06. The number of carbonyl (C=O) groups excluding carboxylic acids is 1. The summed E-state index contributed by atoms with van der Waals surface area (Å²) in [7, 11) is 0. The van der Waals surface area contributed by atoms with Gasteiger partial charge in [-0.1, -0.05) is 30.3 Å². The molecule has 142 valence electrons. The zero-order valence-corrected chi connectivity index (χ0v) is 14.9. The molecule has 1 saturated heterocycles. The Hall–Kier alpha value is -2.89. The summed E-state index contributed by atoms with van der Waals surface area (Å²) < 4.78 is 18.3. The van der Waals surface area contributed by atoms with Gasteiger partial charge in [0.2, 0.25) is 5.91 Å². The number of rotatable bonds is 7. The quantitative estimate of drug-likeness (QED) is 0.759. The highest BCUT2D eigenvalue weighted by Crippen LogP contribution is 2.33. The maximum atomic E-state index is 12.8. The molecule has 1 amide bonds. The molecule has 0 radical (unpaired) electrons. The third kappa shape index (κ3) is 4.84. The number of ether oxygens (including phenoxy) is 1. The third-order valence-electron chi connectivity index (χ3n) is 4.83. The smallest absolute Gasteiger partial charge is 0.308 e. The highest BCUT2D eigenvalue weighted by Gasteiger charge is 2.40. The van der Waals surface area contributed by atoms with Crippen molar-refractivity contribution in [3.63, 3.8) is 0 Å². The van der Waals surface area contributed by atoms with Gasteiger partial charge in [-0.05, 0) is 36.2 Å². The minimum Gasteiger partial charge on any atom is -0.494 e. The molecule has 0 bridgehead atoms. The highest BCUT2D eigenvalue weighted by atomic mass is 19.1. The molecule has 2 atom stereocenters. The second kappa shape index (κ2) is 8.66. The zero-order valence-electron chi connectivity index (χ0n) is 14.9. The lowest BCUT2D eigenvalue weighted by Crippen LogP contribution is -2.30. The van der Waals surface area contributed by atoms with Crippen LogP contribution in [0, 0.1) is 11.7 Å². The Balaban J connectivity index is 1.51. The van der Waals surface area contributed by atoms with Gasteiger partial charge in [-0.3, -0.25) is 9.59 Å². The lowest BCUT2D eigenvalue weighted by Gasteiger charge is -2.16. The van der Waals surface area contributed by atoms with Crippen molar-refractivity contribution >= 4 is 11.9 Å². The number of benzene rings is 2. The predicted octanol–water partition coefficient (Wildman–Crippen LogP) is 3.31. The van der Waals surface area contributed by atoms with Crippen molar-refractivity contribution < 1.29 is 23.8 Å². The lowest BCUT2D eigenvalue weighted by molar-refractivity contribution is -0.141. The number of likely N-dealkylation sites (tertiary alicyclic amines) is 1. The molecule has 0 saturated carbocycles. The van der Waals surface area contributed by atoms with E-state index in [1.54, 1.807) is 17.0 Å². The van der Waals surface area contributed by atoms with Crippen LogP contribution in [0.25, 0.3) is 0 Å². The molecular formula is C21H22FNO4. The molecule has 0 aromatic heterocycles. The Morgan fingerprint density at radius 2 is 1.78 bits per heavy atom. The van der Waals surface area contributed by atoms with Gasteiger partial charge in [0.1, 0.15) is 11.6 Å². The van der Waals surface area contributed by atoms with E-state index in [1.165, 1.54) is 12.1 Å². The highest BCUT2D eigenvalue weighted by molar-refractivity contribution is 5.79. The summed E-state index contributed by atoms with van der Waals surface area (Å²) in [6.45, 7) is 0.987. The van der Waals surface area contributed by atoms with Gasteiger partial charge in [-0.2, -0.15) is 0 Å². The molecule has 3 rings (SSSR count). The fraction of sp³-hybridized carbons (Fsp3) is 0.333. The predicted molar refractivity (Wildman–Crippen MR) is 98.0 cm³/mol. The zero-order chi connectivity index (χ0) is 19.2. The number of carboxylic acids is 1. The minimum absolute atomic E-state index is 0.0672. The summed E-state index contributed by atoms with van der Waals surface area (Å²) in [5.41, 5.74) is 0.944. The van der Waals surface area contributed by atoms with E-state index in [9.17, 15) is 19.1 Å². The van der Waals surface area contributed by atoms with Crippen molar-refractivity contribution in [1.82, 2.24) is 4.90 Å². The summed E-state index contributed by atoms with van der Waals surface area (Å²) in [5.74, 6) is -1.50. The van der Waals surface area contributed by atoms with Crippen molar-refractivity contribution in [3.05, 3.63) is 66.0 Å². The van der Waals surface area contributed by atoms with Crippen LogP contribution < -0.4 is 4.74 Å². The molecule has 27 heavy (non-hydrogen) atoms. The number of nitrogens with zero attached hydrogens (tertiary/aromatic N) is 1. The lowest BCUT2D eigenvalue weighted by atomic mass is 9.89. The molecule has 2 aromatic carbocycles. The summed E-state index contributed by atoms with van der Waals surface area (Å²) in [4.78, 5) is 25.7. The summed E-state index contributed by atoms with van der Waals surface area (Å²) in [5, 5.41) is 9.52. The Bertz CT molecular complexity index is 779. The van der Waals surface area contributed by atoms with Crippen LogP contribution in [0.5, 0.6) is 5.75 Å². The van der Waals surface area contributed by atoms with Crippen molar-refractivity contribution in [2.45, 2.75) is 18.8 Å². The third-order valence-corrected chi connectivity index (χ3v) is 4.83. The minimum atomic E-state index is -0.876. The molecule has 1 aliphatic rings. The van der Waals surface area contributed by atoms with Gasteiger partial charge in [0.15, 0.2) is 0 Å². The van der Waals surface area contributed by atoms with Gasteiger partial charge in [-0.15, -0.1) is 0 Å². The van der Waals surface area contributed by atoms with Gasteiger partial charge in [0.05, 0.1) is 12.5 Å². The summed E-state index contributed by atoms with van der Waals surface area (Å²) in [6.07, 6.45) is 0.801. The maximum Gasteiger partial charge on any atom is 0.308 e. The van der Waals surface area contributed by atoms with E-state index in [2.05, 4.69) is 0 Å². The van der Waals surface area contributed by atoms with Gasteiger partial charge < -0.3 is 14.7 Å². The van der Waals surface area contributed by atoms with Crippen LogP contribution in [0.3, 0.4) is 0 Å². The topological polar surface area (TPSA) is 66.8 Å². The monoisotopic (exact) mass is 371 g/mol. The molecule has 0 unspecified atom stereocenters. The fourth-order valence-corrected chi connectivity index (χ4v) is 3.40. The Labute approximate surface area is 157 Å². The number of carbonyl (C=O) groups is 2. The number of amides is 1. The number of aliphatic carboxylic acids is 1. The van der Waals surface area contributed by atoms with Crippen molar-refractivity contribution in [2.75, 3.05) is 19.7 Å². The van der Waals surface area contributed by atoms with Gasteiger partial charge in [0.25, 0.3) is 0 Å². The second-order valence-corrected chi connectivity index (χ2v) is 6.67. The molecule has 0 spiro atoms. The van der Waals surface area contributed by atoms with Crippen molar-refractivity contribution in [2.24, 2.45) is 5.92 Å². The van der Waals surface area contributed by atoms with E-state index in [4.69, 9.17) is 4.74 Å². The summed E-state index contributed by atoms with van der Waals surface area (Å²) in [6, 6.07) is 15.2. The molecule has 1 N–H and O–H groups in total. The average molecular weight is 371 g/mol. The van der Waals surface area contributed by atoms with Crippen LogP contribution in [0.2, 0.25) is 0 Å². The second-order valence-electron chi connectivity index (χ2n) is 6.67. The van der Waals surface area contributed by atoms with Gasteiger partial charge >= 0.3 is 5.97 Å². The van der Waals surface area contributed by atoms with Crippen LogP contribution >= 0.6 is 0 Å². The standard InChI is InChI=1S/C21H22FNO4/c22-16-8-10-17(11-9-16)27-12-4-7-20(24)23-13-18(19(14-23)21(25)26)15-5-2-1-3-6-15/h1-3,5-6,8-11,18-19H,4,7,12-14H2,(H,25,26)/t18-,19-/m1/s1. The largest absolute Gasteiger partial charge is 0.494 e. The van der Waals surface area contributed by atoms with Crippen LogP contribution in [0.1, 0.15) is 24.3 Å². The first-order chi connectivity index (χ1) is 13.0. The SMILES string of the molecule is O=C(O)[C@@H]1CN(C(=O)CCCOc2ccc(F)cc2)C[C@@H]1c1ccccc1. The Morgan fingerprint density at radius 3 is 2.44 bits per heavy atom. The normalized spacial score (nSPS) is 19.1. The average Bonchev–Trinajstić information content (AvgIpc) is 3.13.